The topological polar surface area (TPSA) is 21.9 Å². The molecule has 0 bridgehead atoms. The zero-order valence-electron chi connectivity index (χ0n) is 9.43. The number of rotatable bonds is 5. The molecule has 0 aromatic carbocycles. The Kier molecular flexibility index (Phi) is 3.98. The first-order valence-corrected chi connectivity index (χ1v) is 5.53. The van der Waals surface area contributed by atoms with Crippen molar-refractivity contribution < 1.29 is 0 Å². The van der Waals surface area contributed by atoms with E-state index in [2.05, 4.69) is 39.1 Å². The molecule has 3 atom stereocenters. The Balaban J connectivity index is 2.05. The molecule has 76 valence electrons. The zero-order valence-corrected chi connectivity index (χ0v) is 9.43. The van der Waals surface area contributed by atoms with Crippen LogP contribution < -0.4 is 5.32 Å². The zero-order chi connectivity index (χ0) is 9.84. The second kappa shape index (κ2) is 4.80. The minimum absolute atomic E-state index is 0.776. The van der Waals surface area contributed by atoms with Gasteiger partial charge < -0.3 is 5.32 Å². The fraction of sp³-hybridized carbons (Fsp3) is 0.833. The number of hydrogen-bond acceptors (Lipinski definition) is 1. The maximum absolute atomic E-state index is 3.47. The van der Waals surface area contributed by atoms with Crippen LogP contribution in [0.3, 0.4) is 0 Å². The summed E-state index contributed by atoms with van der Waals surface area (Å²) in [6.45, 7) is 9.00. The van der Waals surface area contributed by atoms with E-state index in [1.54, 1.807) is 0 Å². The highest BCUT2D eigenvalue weighted by molar-refractivity contribution is 4.99. The van der Waals surface area contributed by atoms with Crippen molar-refractivity contribution in [1.82, 2.24) is 5.32 Å². The van der Waals surface area contributed by atoms with Crippen LogP contribution in [0.1, 0.15) is 47.0 Å². The van der Waals surface area contributed by atoms with Gasteiger partial charge in [-0.15, -0.1) is 0 Å². The second-order valence-corrected chi connectivity index (χ2v) is 4.49. The molecule has 0 radical (unpaired) electrons. The van der Waals surface area contributed by atoms with Gasteiger partial charge in [0.1, 0.15) is 0 Å². The summed E-state index contributed by atoms with van der Waals surface area (Å²) in [6, 6.07) is 1.59. The van der Waals surface area contributed by atoms with Crippen LogP contribution in [-0.4, -0.2) is 12.1 Å². The van der Waals surface area contributed by atoms with Crippen molar-refractivity contribution in [2.75, 3.05) is 0 Å². The summed E-state index contributed by atoms with van der Waals surface area (Å²) >= 11 is 0. The molecule has 1 nitrogen and oxygen atoms in total. The lowest BCUT2D eigenvalue weighted by atomic mass is 9.97. The predicted molar refractivity (Wildman–Crippen MR) is 58.8 cm³/mol. The molecular weight excluding hydrogens is 158 g/mol. The van der Waals surface area contributed by atoms with Crippen molar-refractivity contribution in [3.8, 4) is 0 Å². The third-order valence-corrected chi connectivity index (χ3v) is 3.22. The van der Waals surface area contributed by atoms with Crippen LogP contribution in [0.25, 0.3) is 0 Å². The molecule has 1 saturated heterocycles. The first-order valence-electron chi connectivity index (χ1n) is 5.53. The Labute approximate surface area is 82.6 Å². The van der Waals surface area contributed by atoms with E-state index in [1.165, 1.54) is 24.8 Å². The minimum atomic E-state index is 0.776. The maximum Gasteiger partial charge on any atom is 0.0247 e. The summed E-state index contributed by atoms with van der Waals surface area (Å²) < 4.78 is 0. The highest BCUT2D eigenvalue weighted by atomic mass is 15.1. The third kappa shape index (κ3) is 3.51. The molecular formula is C12H23N. The molecule has 1 N–H and O–H groups in total. The Morgan fingerprint density at radius 3 is 2.62 bits per heavy atom. The maximum atomic E-state index is 3.47. The van der Waals surface area contributed by atoms with Crippen molar-refractivity contribution in [2.45, 2.75) is 59.0 Å². The SMILES string of the molecule is C/C=C(/C)CCCC(C)C1NC1C. The third-order valence-electron chi connectivity index (χ3n) is 3.22. The number of hydrogen-bond donors (Lipinski definition) is 1. The first kappa shape index (κ1) is 10.8. The molecule has 0 amide bonds. The number of allylic oxidation sites excluding steroid dienone is 2. The van der Waals surface area contributed by atoms with Crippen LogP contribution in [0.4, 0.5) is 0 Å². The molecule has 13 heavy (non-hydrogen) atoms. The Hall–Kier alpha value is -0.300. The van der Waals surface area contributed by atoms with Gasteiger partial charge in [0.25, 0.3) is 0 Å². The molecule has 1 rings (SSSR count). The number of nitrogens with one attached hydrogen (secondary N) is 1. The Morgan fingerprint density at radius 1 is 1.54 bits per heavy atom. The van der Waals surface area contributed by atoms with E-state index in [1.807, 2.05) is 0 Å². The Morgan fingerprint density at radius 2 is 2.15 bits per heavy atom. The standard InChI is InChI=1S/C12H23N/c1-5-9(2)7-6-8-10(3)12-11(4)13-12/h5,10-13H,6-8H2,1-4H3/b9-5-. The monoisotopic (exact) mass is 181 g/mol. The summed E-state index contributed by atoms with van der Waals surface area (Å²) in [7, 11) is 0. The molecule has 1 aliphatic heterocycles. The highest BCUT2D eigenvalue weighted by Gasteiger charge is 2.35. The van der Waals surface area contributed by atoms with Gasteiger partial charge in [0, 0.05) is 12.1 Å². The van der Waals surface area contributed by atoms with Crippen LogP contribution in [0.15, 0.2) is 11.6 Å². The van der Waals surface area contributed by atoms with Gasteiger partial charge in [-0.1, -0.05) is 18.6 Å². The van der Waals surface area contributed by atoms with E-state index in [-0.39, 0.29) is 0 Å². The van der Waals surface area contributed by atoms with Gasteiger partial charge in [-0.2, -0.15) is 0 Å². The van der Waals surface area contributed by atoms with E-state index in [9.17, 15) is 0 Å². The van der Waals surface area contributed by atoms with Crippen molar-refractivity contribution in [3.63, 3.8) is 0 Å². The van der Waals surface area contributed by atoms with Gasteiger partial charge in [0.05, 0.1) is 0 Å². The van der Waals surface area contributed by atoms with Crippen molar-refractivity contribution in [3.05, 3.63) is 11.6 Å². The predicted octanol–water partition coefficient (Wildman–Crippen LogP) is 3.12. The van der Waals surface area contributed by atoms with E-state index < -0.39 is 0 Å². The van der Waals surface area contributed by atoms with Gasteiger partial charge in [0.15, 0.2) is 0 Å². The van der Waals surface area contributed by atoms with E-state index in [0.29, 0.717) is 0 Å². The fourth-order valence-electron chi connectivity index (χ4n) is 1.93. The van der Waals surface area contributed by atoms with Gasteiger partial charge in [0.2, 0.25) is 0 Å². The van der Waals surface area contributed by atoms with Crippen LogP contribution in [0.5, 0.6) is 0 Å². The van der Waals surface area contributed by atoms with E-state index in [4.69, 9.17) is 0 Å². The van der Waals surface area contributed by atoms with Crippen LogP contribution in [0, 0.1) is 5.92 Å². The highest BCUT2D eigenvalue weighted by Crippen LogP contribution is 2.24. The molecule has 0 aromatic rings. The second-order valence-electron chi connectivity index (χ2n) is 4.49. The lowest BCUT2D eigenvalue weighted by molar-refractivity contribution is 0.493. The summed E-state index contributed by atoms with van der Waals surface area (Å²) in [5.41, 5.74) is 1.53. The molecule has 1 fully saturated rings. The lowest BCUT2D eigenvalue weighted by Gasteiger charge is -2.08. The first-order chi connectivity index (χ1) is 6.15. The average Bonchev–Trinajstić information content (AvgIpc) is 2.82. The largest absolute Gasteiger partial charge is 0.308 e. The van der Waals surface area contributed by atoms with Gasteiger partial charge in [-0.05, 0) is 46.0 Å². The molecule has 0 spiro atoms. The minimum Gasteiger partial charge on any atom is -0.308 e. The van der Waals surface area contributed by atoms with Crippen molar-refractivity contribution >= 4 is 0 Å². The van der Waals surface area contributed by atoms with Crippen LogP contribution >= 0.6 is 0 Å². The fourth-order valence-corrected chi connectivity index (χ4v) is 1.93. The molecule has 1 heterocycles. The van der Waals surface area contributed by atoms with Gasteiger partial charge in [-0.25, -0.2) is 0 Å². The van der Waals surface area contributed by atoms with Gasteiger partial charge >= 0.3 is 0 Å². The van der Waals surface area contributed by atoms with E-state index in [0.717, 1.165) is 18.0 Å². The smallest absolute Gasteiger partial charge is 0.0247 e. The molecule has 1 heteroatoms. The van der Waals surface area contributed by atoms with Crippen molar-refractivity contribution in [2.24, 2.45) is 5.92 Å². The van der Waals surface area contributed by atoms with Gasteiger partial charge in [-0.3, -0.25) is 0 Å². The van der Waals surface area contributed by atoms with Crippen molar-refractivity contribution in [1.29, 1.82) is 0 Å². The average molecular weight is 181 g/mol. The molecule has 0 saturated carbocycles. The normalized spacial score (nSPS) is 30.3. The molecule has 1 aliphatic rings. The Bertz CT molecular complexity index is 184. The van der Waals surface area contributed by atoms with Crippen LogP contribution in [-0.2, 0) is 0 Å². The molecule has 0 aromatic heterocycles. The molecule has 3 unspecified atom stereocenters. The molecule has 0 aliphatic carbocycles. The lowest BCUT2D eigenvalue weighted by Crippen LogP contribution is -2.07. The van der Waals surface area contributed by atoms with E-state index >= 15 is 0 Å². The summed E-state index contributed by atoms with van der Waals surface area (Å²) in [5.74, 6) is 0.861. The van der Waals surface area contributed by atoms with Crippen LogP contribution in [0.2, 0.25) is 0 Å². The summed E-state index contributed by atoms with van der Waals surface area (Å²) in [5, 5.41) is 3.47. The summed E-state index contributed by atoms with van der Waals surface area (Å²) in [4.78, 5) is 0. The quantitative estimate of drug-likeness (QED) is 0.511. The summed E-state index contributed by atoms with van der Waals surface area (Å²) in [6.07, 6.45) is 6.22.